The number of ether oxygens (including phenoxy) is 1. The number of hydrogen-bond donors (Lipinski definition) is 1. The molecular weight excluding hydrogens is 277 g/mol. The zero-order chi connectivity index (χ0) is 10.7. The summed E-state index contributed by atoms with van der Waals surface area (Å²) in [6, 6.07) is 4.23. The maximum atomic E-state index is 5.62. The predicted molar refractivity (Wildman–Crippen MR) is 65.8 cm³/mol. The summed E-state index contributed by atoms with van der Waals surface area (Å²) in [4.78, 5) is 0. The second-order valence-corrected chi connectivity index (χ2v) is 4.81. The van der Waals surface area contributed by atoms with Gasteiger partial charge in [-0.1, -0.05) is 15.9 Å². The molecule has 0 unspecified atom stereocenters. The SMILES string of the molecule is ClCCNCc1cc(Br)cc2c1OCC2. The van der Waals surface area contributed by atoms with Gasteiger partial charge in [-0.2, -0.15) is 0 Å². The van der Waals surface area contributed by atoms with Crippen molar-refractivity contribution in [3.05, 3.63) is 27.7 Å². The van der Waals surface area contributed by atoms with Gasteiger partial charge in [0.2, 0.25) is 0 Å². The summed E-state index contributed by atoms with van der Waals surface area (Å²) in [6.07, 6.45) is 1.01. The first-order valence-corrected chi connectivity index (χ1v) is 6.35. The lowest BCUT2D eigenvalue weighted by atomic mass is 10.1. The van der Waals surface area contributed by atoms with E-state index in [0.717, 1.165) is 36.3 Å². The number of benzene rings is 1. The zero-order valence-corrected chi connectivity index (χ0v) is 10.7. The van der Waals surface area contributed by atoms with Crippen molar-refractivity contribution in [2.24, 2.45) is 0 Å². The number of fused-ring (bicyclic) bond motifs is 1. The highest BCUT2D eigenvalue weighted by Gasteiger charge is 2.16. The summed E-state index contributed by atoms with van der Waals surface area (Å²) >= 11 is 9.13. The van der Waals surface area contributed by atoms with Gasteiger partial charge in [-0.3, -0.25) is 0 Å². The van der Waals surface area contributed by atoms with Crippen molar-refractivity contribution in [1.82, 2.24) is 5.32 Å². The van der Waals surface area contributed by atoms with E-state index in [1.807, 2.05) is 0 Å². The Balaban J connectivity index is 2.15. The largest absolute Gasteiger partial charge is 0.493 e. The third-order valence-electron chi connectivity index (χ3n) is 2.41. The fourth-order valence-corrected chi connectivity index (χ4v) is 2.45. The molecule has 2 rings (SSSR count). The highest BCUT2D eigenvalue weighted by atomic mass is 79.9. The minimum atomic E-state index is 0.636. The Morgan fingerprint density at radius 2 is 2.33 bits per heavy atom. The maximum absolute atomic E-state index is 5.62. The van der Waals surface area contributed by atoms with Gasteiger partial charge in [-0.05, 0) is 17.7 Å². The van der Waals surface area contributed by atoms with E-state index in [-0.39, 0.29) is 0 Å². The van der Waals surface area contributed by atoms with Crippen LogP contribution in [0.25, 0.3) is 0 Å². The van der Waals surface area contributed by atoms with Gasteiger partial charge in [0.15, 0.2) is 0 Å². The number of halogens is 2. The first-order valence-electron chi connectivity index (χ1n) is 5.02. The molecular formula is C11H13BrClNO. The number of rotatable bonds is 4. The normalized spacial score (nSPS) is 13.7. The minimum absolute atomic E-state index is 0.636. The van der Waals surface area contributed by atoms with E-state index >= 15 is 0 Å². The smallest absolute Gasteiger partial charge is 0.127 e. The Labute approximate surface area is 103 Å². The number of nitrogens with one attached hydrogen (secondary N) is 1. The minimum Gasteiger partial charge on any atom is -0.493 e. The van der Waals surface area contributed by atoms with Gasteiger partial charge in [-0.25, -0.2) is 0 Å². The summed E-state index contributed by atoms with van der Waals surface area (Å²) in [5, 5.41) is 3.28. The molecule has 0 aliphatic carbocycles. The average Bonchev–Trinajstić information content (AvgIpc) is 2.65. The quantitative estimate of drug-likeness (QED) is 0.680. The van der Waals surface area contributed by atoms with E-state index in [0.29, 0.717) is 5.88 Å². The van der Waals surface area contributed by atoms with Crippen LogP contribution in [0.5, 0.6) is 5.75 Å². The van der Waals surface area contributed by atoms with Crippen molar-refractivity contribution >= 4 is 27.5 Å². The van der Waals surface area contributed by atoms with Crippen LogP contribution in [0, 0.1) is 0 Å². The Kier molecular flexibility index (Phi) is 3.89. The molecule has 4 heteroatoms. The van der Waals surface area contributed by atoms with Crippen LogP contribution >= 0.6 is 27.5 Å². The molecule has 0 fully saturated rings. The molecule has 1 N–H and O–H groups in total. The Bertz CT molecular complexity index is 357. The standard InChI is InChI=1S/C11H13BrClNO/c12-10-5-8-1-4-15-11(8)9(6-10)7-14-3-2-13/h5-6,14H,1-4,7H2. The molecule has 15 heavy (non-hydrogen) atoms. The van der Waals surface area contributed by atoms with E-state index in [9.17, 15) is 0 Å². The Hall–Kier alpha value is -0.250. The van der Waals surface area contributed by atoms with Gasteiger partial charge in [-0.15, -0.1) is 11.6 Å². The topological polar surface area (TPSA) is 21.3 Å². The Morgan fingerprint density at radius 3 is 3.13 bits per heavy atom. The van der Waals surface area contributed by atoms with Crippen molar-refractivity contribution in [3.63, 3.8) is 0 Å². The van der Waals surface area contributed by atoms with Crippen LogP contribution in [-0.2, 0) is 13.0 Å². The lowest BCUT2D eigenvalue weighted by Gasteiger charge is -2.09. The van der Waals surface area contributed by atoms with E-state index in [1.165, 1.54) is 11.1 Å². The van der Waals surface area contributed by atoms with Gasteiger partial charge >= 0.3 is 0 Å². The Morgan fingerprint density at radius 1 is 1.47 bits per heavy atom. The van der Waals surface area contributed by atoms with Gasteiger partial charge in [0.05, 0.1) is 6.61 Å². The zero-order valence-electron chi connectivity index (χ0n) is 8.35. The molecule has 1 aromatic rings. The van der Waals surface area contributed by atoms with Crippen LogP contribution in [0.15, 0.2) is 16.6 Å². The fourth-order valence-electron chi connectivity index (χ4n) is 1.77. The molecule has 1 aliphatic heterocycles. The van der Waals surface area contributed by atoms with E-state index in [4.69, 9.17) is 16.3 Å². The van der Waals surface area contributed by atoms with Crippen LogP contribution in [-0.4, -0.2) is 19.0 Å². The van der Waals surface area contributed by atoms with Gasteiger partial charge in [0, 0.05) is 35.4 Å². The highest BCUT2D eigenvalue weighted by molar-refractivity contribution is 9.10. The molecule has 0 bridgehead atoms. The molecule has 0 spiro atoms. The molecule has 1 aliphatic rings. The molecule has 0 radical (unpaired) electrons. The molecule has 0 atom stereocenters. The monoisotopic (exact) mass is 289 g/mol. The molecule has 1 aromatic carbocycles. The van der Waals surface area contributed by atoms with Gasteiger partial charge in [0.25, 0.3) is 0 Å². The lowest BCUT2D eigenvalue weighted by molar-refractivity contribution is 0.352. The van der Waals surface area contributed by atoms with Crippen molar-refractivity contribution < 1.29 is 4.74 Å². The molecule has 2 nitrogen and oxygen atoms in total. The van der Waals surface area contributed by atoms with E-state index < -0.39 is 0 Å². The summed E-state index contributed by atoms with van der Waals surface area (Å²) < 4.78 is 6.74. The fraction of sp³-hybridized carbons (Fsp3) is 0.455. The van der Waals surface area contributed by atoms with Crippen LogP contribution in [0.4, 0.5) is 0 Å². The van der Waals surface area contributed by atoms with Crippen molar-refractivity contribution in [2.45, 2.75) is 13.0 Å². The lowest BCUT2D eigenvalue weighted by Crippen LogP contribution is -2.16. The van der Waals surface area contributed by atoms with Gasteiger partial charge < -0.3 is 10.1 Å². The second-order valence-electron chi connectivity index (χ2n) is 3.52. The van der Waals surface area contributed by atoms with E-state index in [1.54, 1.807) is 0 Å². The molecule has 1 heterocycles. The van der Waals surface area contributed by atoms with Gasteiger partial charge in [0.1, 0.15) is 5.75 Å². The van der Waals surface area contributed by atoms with Crippen molar-refractivity contribution in [2.75, 3.05) is 19.0 Å². The van der Waals surface area contributed by atoms with E-state index in [2.05, 4.69) is 33.4 Å². The van der Waals surface area contributed by atoms with Crippen LogP contribution in [0.1, 0.15) is 11.1 Å². The summed E-state index contributed by atoms with van der Waals surface area (Å²) in [5.41, 5.74) is 2.51. The molecule has 82 valence electrons. The first-order chi connectivity index (χ1) is 7.31. The third kappa shape index (κ3) is 2.65. The number of hydrogen-bond acceptors (Lipinski definition) is 2. The maximum Gasteiger partial charge on any atom is 0.127 e. The van der Waals surface area contributed by atoms with Crippen molar-refractivity contribution in [1.29, 1.82) is 0 Å². The summed E-state index contributed by atoms with van der Waals surface area (Å²) in [7, 11) is 0. The molecule has 0 saturated carbocycles. The van der Waals surface area contributed by atoms with Crippen LogP contribution in [0.3, 0.4) is 0 Å². The molecule has 0 aromatic heterocycles. The second kappa shape index (κ2) is 5.19. The summed E-state index contributed by atoms with van der Waals surface area (Å²) in [5.74, 6) is 1.69. The average molecular weight is 291 g/mol. The van der Waals surface area contributed by atoms with Crippen molar-refractivity contribution in [3.8, 4) is 5.75 Å². The summed E-state index contributed by atoms with van der Waals surface area (Å²) in [6.45, 7) is 2.44. The molecule has 0 amide bonds. The molecule has 0 saturated heterocycles. The third-order valence-corrected chi connectivity index (χ3v) is 3.06. The highest BCUT2D eigenvalue weighted by Crippen LogP contribution is 2.32. The first kappa shape index (κ1) is 11.2. The predicted octanol–water partition coefficient (Wildman–Crippen LogP) is 2.71. The number of alkyl halides is 1. The van der Waals surface area contributed by atoms with Crippen LogP contribution < -0.4 is 10.1 Å². The van der Waals surface area contributed by atoms with Crippen LogP contribution in [0.2, 0.25) is 0 Å².